The molecule has 0 unspecified atom stereocenters. The highest BCUT2D eigenvalue weighted by atomic mass is 16.5. The number of hydrogen-bond donors (Lipinski definition) is 0. The summed E-state index contributed by atoms with van der Waals surface area (Å²) in [4.78, 5) is 18.7. The van der Waals surface area contributed by atoms with Crippen LogP contribution in [0.3, 0.4) is 0 Å². The maximum Gasteiger partial charge on any atom is 0.236 e. The molecule has 0 fully saturated rings. The first-order valence-electron chi connectivity index (χ1n) is 14.3. The van der Waals surface area contributed by atoms with Gasteiger partial charge in [0.2, 0.25) is 11.8 Å². The molecule has 206 valence electrons. The minimum atomic E-state index is -0.204. The molecule has 6 aromatic rings. The van der Waals surface area contributed by atoms with Crippen LogP contribution >= 0.6 is 0 Å². The molecular formula is C36H30N4O2. The topological polar surface area (TPSA) is 69.0 Å². The summed E-state index contributed by atoms with van der Waals surface area (Å²) >= 11 is 0. The molecule has 6 heteroatoms. The van der Waals surface area contributed by atoms with E-state index in [1.165, 1.54) is 32.3 Å². The van der Waals surface area contributed by atoms with E-state index in [9.17, 15) is 0 Å². The van der Waals surface area contributed by atoms with Gasteiger partial charge in [-0.25, -0.2) is 9.98 Å². The van der Waals surface area contributed by atoms with E-state index < -0.39 is 0 Å². The Labute approximate surface area is 244 Å². The van der Waals surface area contributed by atoms with Crippen molar-refractivity contribution in [1.29, 1.82) is 0 Å². The molecule has 0 bridgehead atoms. The summed E-state index contributed by atoms with van der Waals surface area (Å²) < 4.78 is 11.6. The van der Waals surface area contributed by atoms with Crippen molar-refractivity contribution in [3.63, 3.8) is 0 Å². The molecule has 0 spiro atoms. The van der Waals surface area contributed by atoms with Crippen molar-refractivity contribution in [3.05, 3.63) is 96.6 Å². The van der Waals surface area contributed by atoms with E-state index in [4.69, 9.17) is 9.47 Å². The third kappa shape index (κ3) is 4.17. The van der Waals surface area contributed by atoms with Crippen LogP contribution in [0.15, 0.2) is 95.2 Å². The van der Waals surface area contributed by atoms with Gasteiger partial charge in [-0.2, -0.15) is 0 Å². The maximum atomic E-state index is 5.78. The number of aromatic nitrogens is 2. The van der Waals surface area contributed by atoms with Gasteiger partial charge in [0, 0.05) is 23.5 Å². The smallest absolute Gasteiger partial charge is 0.236 e. The largest absolute Gasteiger partial charge is 0.474 e. The Morgan fingerprint density at radius 2 is 0.881 bits per heavy atom. The van der Waals surface area contributed by atoms with Crippen molar-refractivity contribution in [1.82, 2.24) is 9.97 Å². The predicted octanol–water partition coefficient (Wildman–Crippen LogP) is 7.82. The summed E-state index contributed by atoms with van der Waals surface area (Å²) in [5.41, 5.74) is 5.55. The minimum absolute atomic E-state index is 0.204. The second-order valence-corrected chi connectivity index (χ2v) is 12.6. The Hall–Kier alpha value is -4.84. The normalized spacial score (nSPS) is 17.4. The third-order valence-electron chi connectivity index (χ3n) is 8.10. The number of benzene rings is 4. The average molecular weight is 551 g/mol. The van der Waals surface area contributed by atoms with Gasteiger partial charge in [-0.1, -0.05) is 36.4 Å². The number of rotatable bonds is 4. The SMILES string of the molecule is CC1(C)COC(c2ccc(-c3cc4ccc5cc(-c6ccc(C7=NC(C)(C)CO7)nc6)cc6ccc(c3)c4c56)cn2)=N1. The van der Waals surface area contributed by atoms with Crippen molar-refractivity contribution in [2.75, 3.05) is 13.2 Å². The van der Waals surface area contributed by atoms with Crippen LogP contribution in [0.25, 0.3) is 54.6 Å². The van der Waals surface area contributed by atoms with E-state index >= 15 is 0 Å². The molecule has 2 aromatic heterocycles. The fourth-order valence-corrected chi connectivity index (χ4v) is 5.98. The van der Waals surface area contributed by atoms with Gasteiger partial charge in [-0.15, -0.1) is 0 Å². The van der Waals surface area contributed by atoms with Gasteiger partial charge in [0.25, 0.3) is 0 Å². The molecule has 0 saturated heterocycles. The Balaban J connectivity index is 1.15. The van der Waals surface area contributed by atoms with Crippen LogP contribution in [0, 0.1) is 0 Å². The van der Waals surface area contributed by atoms with E-state index in [0.717, 1.165) is 33.6 Å². The molecule has 4 heterocycles. The maximum absolute atomic E-state index is 5.78. The van der Waals surface area contributed by atoms with Crippen molar-refractivity contribution in [2.24, 2.45) is 9.98 Å². The molecule has 2 aliphatic heterocycles. The minimum Gasteiger partial charge on any atom is -0.474 e. The van der Waals surface area contributed by atoms with Gasteiger partial charge in [0.05, 0.1) is 11.1 Å². The molecule has 0 atom stereocenters. The fraction of sp³-hybridized carbons (Fsp3) is 0.222. The number of aliphatic imine (C=N–C) groups is 2. The Morgan fingerprint density at radius 3 is 1.17 bits per heavy atom. The van der Waals surface area contributed by atoms with E-state index in [1.54, 1.807) is 0 Å². The lowest BCUT2D eigenvalue weighted by Gasteiger charge is -2.14. The van der Waals surface area contributed by atoms with Crippen LogP contribution in [-0.4, -0.2) is 46.1 Å². The second kappa shape index (κ2) is 8.83. The number of nitrogens with zero attached hydrogens (tertiary/aromatic N) is 4. The first-order chi connectivity index (χ1) is 20.2. The van der Waals surface area contributed by atoms with Crippen molar-refractivity contribution in [3.8, 4) is 22.3 Å². The summed E-state index contributed by atoms with van der Waals surface area (Å²) in [6.45, 7) is 9.42. The van der Waals surface area contributed by atoms with Gasteiger partial charge in [-0.3, -0.25) is 9.97 Å². The van der Waals surface area contributed by atoms with Crippen LogP contribution in [0.4, 0.5) is 0 Å². The molecule has 2 aliphatic rings. The first kappa shape index (κ1) is 24.9. The Morgan fingerprint density at radius 1 is 0.500 bits per heavy atom. The molecular weight excluding hydrogens is 520 g/mol. The van der Waals surface area contributed by atoms with Crippen LogP contribution in [0.2, 0.25) is 0 Å². The van der Waals surface area contributed by atoms with Crippen LogP contribution in [-0.2, 0) is 9.47 Å². The molecule has 42 heavy (non-hydrogen) atoms. The highest BCUT2D eigenvalue weighted by Crippen LogP contribution is 2.39. The van der Waals surface area contributed by atoms with Crippen molar-refractivity contribution >= 4 is 44.1 Å². The number of hydrogen-bond acceptors (Lipinski definition) is 6. The zero-order valence-electron chi connectivity index (χ0n) is 24.1. The van der Waals surface area contributed by atoms with Crippen molar-refractivity contribution in [2.45, 2.75) is 38.8 Å². The summed E-state index contributed by atoms with van der Waals surface area (Å²) in [6, 6.07) is 26.1. The average Bonchev–Trinajstić information content (AvgIpc) is 3.56. The summed E-state index contributed by atoms with van der Waals surface area (Å²) in [7, 11) is 0. The monoisotopic (exact) mass is 550 g/mol. The molecule has 6 nitrogen and oxygen atoms in total. The molecule has 0 aliphatic carbocycles. The predicted molar refractivity (Wildman–Crippen MR) is 170 cm³/mol. The summed E-state index contributed by atoms with van der Waals surface area (Å²) in [5.74, 6) is 1.24. The second-order valence-electron chi connectivity index (χ2n) is 12.6. The van der Waals surface area contributed by atoms with Gasteiger partial charge >= 0.3 is 0 Å². The highest BCUT2D eigenvalue weighted by Gasteiger charge is 2.28. The van der Waals surface area contributed by atoms with Gasteiger partial charge < -0.3 is 9.47 Å². The van der Waals surface area contributed by atoms with Crippen LogP contribution < -0.4 is 0 Å². The molecule has 0 N–H and O–H groups in total. The standard InChI is InChI=1S/C36H30N4O2/c1-35(2)19-41-33(39-35)29-11-9-25(17-37-29)27-13-21-5-7-23-15-28(16-24-8-6-22(14-27)31(21)32(23)24)26-10-12-30(38-18-26)34-40-36(3,4)20-42-34/h5-18H,19-20H2,1-4H3. The van der Waals surface area contributed by atoms with E-state index in [2.05, 4.69) is 108 Å². The summed E-state index contributed by atoms with van der Waals surface area (Å²) in [6.07, 6.45) is 3.83. The lowest BCUT2D eigenvalue weighted by molar-refractivity contribution is 0.279. The Bertz CT molecular complexity index is 1860. The number of ether oxygens (including phenoxy) is 2. The fourth-order valence-electron chi connectivity index (χ4n) is 5.98. The first-order valence-corrected chi connectivity index (χ1v) is 14.3. The van der Waals surface area contributed by atoms with Gasteiger partial charge in [-0.05, 0) is 108 Å². The highest BCUT2D eigenvalue weighted by molar-refractivity contribution is 6.24. The molecule has 0 saturated carbocycles. The van der Waals surface area contributed by atoms with Crippen LogP contribution in [0.5, 0.6) is 0 Å². The van der Waals surface area contributed by atoms with E-state index in [-0.39, 0.29) is 11.1 Å². The third-order valence-corrected chi connectivity index (χ3v) is 8.10. The Kier molecular flexibility index (Phi) is 5.24. The summed E-state index contributed by atoms with van der Waals surface area (Å²) in [5, 5.41) is 7.44. The molecule has 0 amide bonds. The van der Waals surface area contributed by atoms with Crippen molar-refractivity contribution < 1.29 is 9.47 Å². The molecule has 4 aromatic carbocycles. The molecule has 0 radical (unpaired) electrons. The number of pyridine rings is 2. The van der Waals surface area contributed by atoms with E-state index in [0.29, 0.717) is 25.0 Å². The zero-order chi connectivity index (χ0) is 28.6. The van der Waals surface area contributed by atoms with Gasteiger partial charge in [0.1, 0.15) is 24.6 Å². The quantitative estimate of drug-likeness (QED) is 0.210. The van der Waals surface area contributed by atoms with Gasteiger partial charge in [0.15, 0.2) is 0 Å². The lowest BCUT2D eigenvalue weighted by atomic mass is 9.90. The van der Waals surface area contributed by atoms with E-state index in [1.807, 2.05) is 24.5 Å². The van der Waals surface area contributed by atoms with Crippen LogP contribution in [0.1, 0.15) is 39.1 Å². The molecule has 8 rings (SSSR count). The lowest BCUT2D eigenvalue weighted by Crippen LogP contribution is -2.17. The zero-order valence-corrected chi connectivity index (χ0v) is 24.1.